The van der Waals surface area contributed by atoms with Gasteiger partial charge in [0.05, 0.1) is 16.5 Å². The third-order valence-corrected chi connectivity index (χ3v) is 6.32. The third kappa shape index (κ3) is 3.76. The Hall–Kier alpha value is -2.70. The number of aryl methyl sites for hydroxylation is 1. The van der Waals surface area contributed by atoms with Crippen LogP contribution in [0.5, 0.6) is 0 Å². The number of carbonyl (C=O) groups excluding carboxylic acids is 1. The molecule has 26 heavy (non-hydrogen) atoms. The van der Waals surface area contributed by atoms with E-state index in [1.807, 2.05) is 6.07 Å². The molecule has 0 aliphatic carbocycles. The number of carbonyl (C=O) groups is 1. The summed E-state index contributed by atoms with van der Waals surface area (Å²) in [6.07, 6.45) is 2.64. The Morgan fingerprint density at radius 1 is 1.23 bits per heavy atom. The first-order valence-electron chi connectivity index (χ1n) is 8.21. The van der Waals surface area contributed by atoms with Crippen molar-refractivity contribution in [3.63, 3.8) is 0 Å². The molecular weight excluding hydrogens is 354 g/mol. The molecule has 1 aliphatic heterocycles. The van der Waals surface area contributed by atoms with E-state index in [0.29, 0.717) is 24.2 Å². The second-order valence-corrected chi connectivity index (χ2v) is 8.12. The van der Waals surface area contributed by atoms with E-state index in [1.54, 1.807) is 24.0 Å². The maximum Gasteiger partial charge on any atom is 0.243 e. The van der Waals surface area contributed by atoms with Crippen LogP contribution in [0.2, 0.25) is 0 Å². The van der Waals surface area contributed by atoms with Crippen LogP contribution in [0, 0.1) is 17.2 Å². The zero-order valence-electron chi connectivity index (χ0n) is 14.3. The van der Waals surface area contributed by atoms with Crippen LogP contribution in [0.1, 0.15) is 18.4 Å². The van der Waals surface area contributed by atoms with Gasteiger partial charge in [-0.15, -0.1) is 0 Å². The second kappa shape index (κ2) is 7.27. The van der Waals surface area contributed by atoms with E-state index in [2.05, 4.69) is 10.4 Å². The van der Waals surface area contributed by atoms with Crippen molar-refractivity contribution in [3.8, 4) is 6.07 Å². The Kier molecular flexibility index (Phi) is 5.06. The molecule has 0 spiro atoms. The number of amides is 1. The molecule has 1 aromatic heterocycles. The van der Waals surface area contributed by atoms with Crippen LogP contribution >= 0.6 is 0 Å². The van der Waals surface area contributed by atoms with Crippen molar-refractivity contribution in [2.45, 2.75) is 17.7 Å². The number of nitrogens with zero attached hydrogens (tertiary/aromatic N) is 4. The summed E-state index contributed by atoms with van der Waals surface area (Å²) in [6, 6.07) is 9.52. The highest BCUT2D eigenvalue weighted by molar-refractivity contribution is 7.89. The van der Waals surface area contributed by atoms with Crippen LogP contribution in [0.4, 0.5) is 5.82 Å². The minimum absolute atomic E-state index is 0.140. The van der Waals surface area contributed by atoms with E-state index >= 15 is 0 Å². The lowest BCUT2D eigenvalue weighted by Crippen LogP contribution is -2.41. The summed E-state index contributed by atoms with van der Waals surface area (Å²) < 4.78 is 28.4. The van der Waals surface area contributed by atoms with Gasteiger partial charge in [-0.25, -0.2) is 8.42 Å². The zero-order chi connectivity index (χ0) is 18.7. The SMILES string of the molecule is Cn1ccc(NC(=O)C2CCN(S(=O)(=O)c3ccc(C#N)cc3)CC2)n1. The van der Waals surface area contributed by atoms with Crippen molar-refractivity contribution in [3.05, 3.63) is 42.1 Å². The van der Waals surface area contributed by atoms with Gasteiger partial charge in [0.1, 0.15) is 0 Å². The number of hydrogen-bond donors (Lipinski definition) is 1. The largest absolute Gasteiger partial charge is 0.309 e. The lowest BCUT2D eigenvalue weighted by molar-refractivity contribution is -0.120. The summed E-state index contributed by atoms with van der Waals surface area (Å²) in [6.45, 7) is 0.561. The maximum atomic E-state index is 12.7. The molecule has 0 radical (unpaired) electrons. The van der Waals surface area contributed by atoms with Gasteiger partial charge in [-0.2, -0.15) is 14.7 Å². The summed E-state index contributed by atoms with van der Waals surface area (Å²) >= 11 is 0. The predicted octanol–water partition coefficient (Wildman–Crippen LogP) is 1.33. The van der Waals surface area contributed by atoms with Crippen LogP contribution in [-0.2, 0) is 21.9 Å². The number of benzene rings is 1. The highest BCUT2D eigenvalue weighted by Gasteiger charge is 2.32. The number of aromatic nitrogens is 2. The monoisotopic (exact) mass is 373 g/mol. The summed E-state index contributed by atoms with van der Waals surface area (Å²) in [4.78, 5) is 12.5. The van der Waals surface area contributed by atoms with Gasteiger partial charge in [0.2, 0.25) is 15.9 Å². The Bertz CT molecular complexity index is 936. The van der Waals surface area contributed by atoms with Gasteiger partial charge in [-0.05, 0) is 37.1 Å². The molecule has 0 atom stereocenters. The highest BCUT2D eigenvalue weighted by atomic mass is 32.2. The molecule has 1 N–H and O–H groups in total. The predicted molar refractivity (Wildman–Crippen MR) is 94.5 cm³/mol. The van der Waals surface area contributed by atoms with Gasteiger partial charge in [-0.1, -0.05) is 0 Å². The molecule has 1 aromatic carbocycles. The minimum atomic E-state index is -3.62. The number of anilines is 1. The first-order valence-corrected chi connectivity index (χ1v) is 9.65. The second-order valence-electron chi connectivity index (χ2n) is 6.18. The van der Waals surface area contributed by atoms with Gasteiger partial charge in [-0.3, -0.25) is 9.48 Å². The van der Waals surface area contributed by atoms with E-state index in [9.17, 15) is 13.2 Å². The quantitative estimate of drug-likeness (QED) is 0.870. The summed E-state index contributed by atoms with van der Waals surface area (Å²) in [7, 11) is -1.85. The molecule has 3 rings (SSSR count). The number of hydrogen-bond acceptors (Lipinski definition) is 5. The van der Waals surface area contributed by atoms with Gasteiger partial charge >= 0.3 is 0 Å². The Morgan fingerprint density at radius 2 is 1.88 bits per heavy atom. The highest BCUT2D eigenvalue weighted by Crippen LogP contribution is 2.25. The number of rotatable bonds is 4. The van der Waals surface area contributed by atoms with Crippen molar-refractivity contribution < 1.29 is 13.2 Å². The van der Waals surface area contributed by atoms with Crippen LogP contribution in [0.25, 0.3) is 0 Å². The fourth-order valence-electron chi connectivity index (χ4n) is 2.92. The molecule has 1 aliphatic rings. The Balaban J connectivity index is 1.62. The average Bonchev–Trinajstić information content (AvgIpc) is 3.06. The molecule has 8 nitrogen and oxygen atoms in total. The normalized spacial score (nSPS) is 16.2. The van der Waals surface area contributed by atoms with Gasteiger partial charge in [0.25, 0.3) is 0 Å². The van der Waals surface area contributed by atoms with E-state index in [-0.39, 0.29) is 29.8 Å². The fourth-order valence-corrected chi connectivity index (χ4v) is 4.39. The van der Waals surface area contributed by atoms with Crippen molar-refractivity contribution in [1.82, 2.24) is 14.1 Å². The molecule has 0 unspecified atom stereocenters. The first kappa shape index (κ1) is 18.1. The standard InChI is InChI=1S/C17H19N5O3S/c1-21-9-8-16(20-21)19-17(23)14-6-10-22(11-7-14)26(24,25)15-4-2-13(12-18)3-5-15/h2-5,8-9,14H,6-7,10-11H2,1H3,(H,19,20,23). The van der Waals surface area contributed by atoms with Crippen LogP contribution in [0.3, 0.4) is 0 Å². The van der Waals surface area contributed by atoms with Crippen molar-refractivity contribution in [2.75, 3.05) is 18.4 Å². The molecular formula is C17H19N5O3S. The van der Waals surface area contributed by atoms with E-state index in [1.165, 1.54) is 28.6 Å². The van der Waals surface area contributed by atoms with Crippen LogP contribution < -0.4 is 5.32 Å². The summed E-state index contributed by atoms with van der Waals surface area (Å²) in [5, 5.41) is 15.7. The van der Waals surface area contributed by atoms with Crippen molar-refractivity contribution in [2.24, 2.45) is 13.0 Å². The van der Waals surface area contributed by atoms with Gasteiger partial charge in [0, 0.05) is 38.3 Å². The molecule has 0 bridgehead atoms. The molecule has 1 fully saturated rings. The van der Waals surface area contributed by atoms with Crippen molar-refractivity contribution in [1.29, 1.82) is 5.26 Å². The summed E-state index contributed by atoms with van der Waals surface area (Å²) in [5.74, 6) is 0.105. The lowest BCUT2D eigenvalue weighted by Gasteiger charge is -2.30. The molecule has 1 saturated heterocycles. The molecule has 2 aromatic rings. The Labute approximate surface area is 152 Å². The minimum Gasteiger partial charge on any atom is -0.309 e. The maximum absolute atomic E-state index is 12.7. The molecule has 0 saturated carbocycles. The van der Waals surface area contributed by atoms with Gasteiger partial charge in [0.15, 0.2) is 5.82 Å². The summed E-state index contributed by atoms with van der Waals surface area (Å²) in [5.41, 5.74) is 0.411. The third-order valence-electron chi connectivity index (χ3n) is 4.41. The number of piperidine rings is 1. The molecule has 9 heteroatoms. The Morgan fingerprint density at radius 3 is 2.42 bits per heavy atom. The smallest absolute Gasteiger partial charge is 0.243 e. The zero-order valence-corrected chi connectivity index (χ0v) is 15.1. The molecule has 1 amide bonds. The van der Waals surface area contributed by atoms with Gasteiger partial charge < -0.3 is 5.32 Å². The van der Waals surface area contributed by atoms with E-state index in [0.717, 1.165) is 0 Å². The number of sulfonamides is 1. The van der Waals surface area contributed by atoms with E-state index < -0.39 is 10.0 Å². The average molecular weight is 373 g/mol. The van der Waals surface area contributed by atoms with E-state index in [4.69, 9.17) is 5.26 Å². The van der Waals surface area contributed by atoms with Crippen LogP contribution in [-0.4, -0.2) is 41.5 Å². The number of nitrogens with one attached hydrogen (secondary N) is 1. The van der Waals surface area contributed by atoms with Crippen molar-refractivity contribution >= 4 is 21.7 Å². The molecule has 136 valence electrons. The fraction of sp³-hybridized carbons (Fsp3) is 0.353. The first-order chi connectivity index (χ1) is 12.4. The number of nitriles is 1. The van der Waals surface area contributed by atoms with Crippen LogP contribution in [0.15, 0.2) is 41.4 Å². The lowest BCUT2D eigenvalue weighted by atomic mass is 9.97. The topological polar surface area (TPSA) is 108 Å². The molecule has 2 heterocycles.